The van der Waals surface area contributed by atoms with Gasteiger partial charge in [0, 0.05) is 48.0 Å². The molecule has 8 unspecified atom stereocenters. The lowest BCUT2D eigenvalue weighted by atomic mass is 9.88. The summed E-state index contributed by atoms with van der Waals surface area (Å²) >= 11 is 5.96. The van der Waals surface area contributed by atoms with Crippen molar-refractivity contribution in [3.63, 3.8) is 0 Å². The number of aromatic nitrogens is 6. The molecule has 2 fully saturated rings. The van der Waals surface area contributed by atoms with Gasteiger partial charge in [-0.15, -0.1) is 0 Å². The number of aromatic amines is 2. The summed E-state index contributed by atoms with van der Waals surface area (Å²) in [7, 11) is 3.25. The van der Waals surface area contributed by atoms with Gasteiger partial charge in [-0.1, -0.05) is 36.4 Å². The standard InChI is InChI=1S/C21H22N6O2.C14H14ClN5O.C7H9NO/c1-29-14-4-2-3-13(10-14)24-21-26-19-15(7-8-23-19)20(27-21)25-17-12-6-5-11(9-12)16(17)18(22)28;15-14-19-12-8(3-4-17-12)13(20-14)18-10-7-2-1-6(5-7)9(10)11(16)21;1-9-7-4-2-3-6(8)5-7/h2-8,10-12,16-17H,9H2,1H3,(H2,22,28)(H3,23,24,25,26,27);1-4,6-7,9-10H,5H2,(H2,16,21)(H2,17,18,19,20);2-5H,8H2,1H3. The minimum atomic E-state index is -0.270. The second-order valence-corrected chi connectivity index (χ2v) is 15.3. The predicted octanol–water partition coefficient (Wildman–Crippen LogP) is 5.77. The van der Waals surface area contributed by atoms with E-state index in [9.17, 15) is 9.59 Å². The van der Waals surface area contributed by atoms with Gasteiger partial charge in [-0.25, -0.2) is 4.98 Å². The number of primary amides is 2. The number of fused-ring (bicyclic) bond motifs is 6. The van der Waals surface area contributed by atoms with Crippen molar-refractivity contribution in [3.8, 4) is 11.5 Å². The van der Waals surface area contributed by atoms with Gasteiger partial charge in [0.2, 0.25) is 23.0 Å². The van der Waals surface area contributed by atoms with Gasteiger partial charge in [-0.2, -0.15) is 15.0 Å². The molecule has 6 aromatic rings. The summed E-state index contributed by atoms with van der Waals surface area (Å²) in [5.41, 5.74) is 19.7. The van der Waals surface area contributed by atoms with Gasteiger partial charge in [0.05, 0.1) is 36.8 Å². The van der Waals surface area contributed by atoms with Crippen molar-refractivity contribution in [3.05, 3.63) is 103 Å². The van der Waals surface area contributed by atoms with E-state index in [1.54, 1.807) is 26.5 Å². The highest BCUT2D eigenvalue weighted by molar-refractivity contribution is 6.28. The van der Waals surface area contributed by atoms with Crippen LogP contribution < -0.4 is 42.6 Å². The number of carbonyl (C=O) groups is 2. The van der Waals surface area contributed by atoms with E-state index in [2.05, 4.69) is 65.2 Å². The van der Waals surface area contributed by atoms with Gasteiger partial charge in [-0.05, 0) is 84.5 Å². The van der Waals surface area contributed by atoms with Crippen molar-refractivity contribution in [1.82, 2.24) is 29.9 Å². The van der Waals surface area contributed by atoms with Crippen LogP contribution >= 0.6 is 11.6 Å². The zero-order chi connectivity index (χ0) is 41.2. The minimum Gasteiger partial charge on any atom is -0.497 e. The number of benzene rings is 2. The monoisotopic (exact) mass is 816 g/mol. The quantitative estimate of drug-likeness (QED) is 0.0466. The van der Waals surface area contributed by atoms with Crippen molar-refractivity contribution in [2.45, 2.75) is 24.9 Å². The van der Waals surface area contributed by atoms with Crippen LogP contribution in [0, 0.1) is 35.5 Å². The number of carbonyl (C=O) groups excluding carboxylic acids is 2. The average Bonchev–Trinajstić information content (AvgIpc) is 4.09. The topological polar surface area (TPSA) is 250 Å². The number of H-pyrrole nitrogens is 2. The Balaban J connectivity index is 0.000000140. The van der Waals surface area contributed by atoms with E-state index in [0.29, 0.717) is 34.8 Å². The molecule has 8 atom stereocenters. The molecule has 0 spiro atoms. The highest BCUT2D eigenvalue weighted by atomic mass is 35.5. The fourth-order valence-corrected chi connectivity index (χ4v) is 8.90. The molecule has 0 saturated heterocycles. The lowest BCUT2D eigenvalue weighted by Gasteiger charge is -2.27. The maximum atomic E-state index is 12.1. The van der Waals surface area contributed by atoms with Crippen LogP contribution in [0.15, 0.2) is 97.4 Å². The SMILES string of the molecule is COc1cccc(N)c1.COc1cccc(Nc2nc(NC3C4C=CC(C4)C3C(N)=O)c3cc[nH]c3n2)c1.NC(=O)C1C2C=CC(C2)C1Nc1nc(Cl)nc2[nH]ccc12. The van der Waals surface area contributed by atoms with Crippen LogP contribution in [0.4, 0.5) is 29.0 Å². The van der Waals surface area contributed by atoms with E-state index in [-0.39, 0.29) is 58.8 Å². The lowest BCUT2D eigenvalue weighted by molar-refractivity contribution is -0.123. The Hall–Kier alpha value is -6.81. The summed E-state index contributed by atoms with van der Waals surface area (Å²) in [5.74, 6) is 3.34. The molecular formula is C42H45ClN12O4. The third kappa shape index (κ3) is 8.16. The molecular weight excluding hydrogens is 772 g/mol. The zero-order valence-electron chi connectivity index (χ0n) is 32.3. The van der Waals surface area contributed by atoms with Gasteiger partial charge in [0.25, 0.3) is 0 Å². The summed E-state index contributed by atoms with van der Waals surface area (Å²) in [5, 5.41) is 12.0. The normalized spacial score (nSPS) is 24.3. The van der Waals surface area contributed by atoms with E-state index < -0.39 is 0 Å². The maximum Gasteiger partial charge on any atom is 0.231 e. The Morgan fingerprint density at radius 1 is 0.695 bits per heavy atom. The summed E-state index contributed by atoms with van der Waals surface area (Å²) in [4.78, 5) is 47.6. The molecule has 2 saturated carbocycles. The van der Waals surface area contributed by atoms with Crippen molar-refractivity contribution >= 4 is 74.4 Å². The van der Waals surface area contributed by atoms with E-state index in [1.807, 2.05) is 60.8 Å². The molecule has 2 aromatic carbocycles. The molecule has 4 bridgehead atoms. The average molecular weight is 817 g/mol. The second kappa shape index (κ2) is 16.6. The number of nitrogen functional groups attached to an aromatic ring is 1. The van der Waals surface area contributed by atoms with Gasteiger partial charge < -0.3 is 52.6 Å². The van der Waals surface area contributed by atoms with Gasteiger partial charge in [0.1, 0.15) is 34.4 Å². The fourth-order valence-electron chi connectivity index (χ4n) is 8.73. The second-order valence-electron chi connectivity index (χ2n) is 14.9. The van der Waals surface area contributed by atoms with Crippen LogP contribution in [0.1, 0.15) is 12.8 Å². The number of nitrogens with one attached hydrogen (secondary N) is 5. The Bertz CT molecular complexity index is 2560. The van der Waals surface area contributed by atoms with Crippen molar-refractivity contribution in [2.24, 2.45) is 47.0 Å². The van der Waals surface area contributed by atoms with Crippen molar-refractivity contribution < 1.29 is 19.1 Å². The van der Waals surface area contributed by atoms with Crippen LogP contribution in [0.2, 0.25) is 5.28 Å². The molecule has 11 N–H and O–H groups in total. The third-order valence-electron chi connectivity index (χ3n) is 11.4. The lowest BCUT2D eigenvalue weighted by Crippen LogP contribution is -2.41. The number of hydrogen-bond donors (Lipinski definition) is 8. The molecule has 0 radical (unpaired) electrons. The van der Waals surface area contributed by atoms with Gasteiger partial charge >= 0.3 is 0 Å². The number of halogens is 1. The van der Waals surface area contributed by atoms with Crippen LogP contribution in [0.3, 0.4) is 0 Å². The number of anilines is 5. The summed E-state index contributed by atoms with van der Waals surface area (Å²) in [6.07, 6.45) is 14.0. The molecule has 304 valence electrons. The van der Waals surface area contributed by atoms with Crippen molar-refractivity contribution in [2.75, 3.05) is 35.9 Å². The largest absolute Gasteiger partial charge is 0.497 e. The van der Waals surface area contributed by atoms with E-state index in [0.717, 1.165) is 46.5 Å². The van der Waals surface area contributed by atoms with Crippen LogP contribution in [-0.4, -0.2) is 68.0 Å². The van der Waals surface area contributed by atoms with Crippen molar-refractivity contribution in [1.29, 1.82) is 0 Å². The number of ether oxygens (including phenoxy) is 2. The van der Waals surface area contributed by atoms with Crippen LogP contribution in [0.5, 0.6) is 11.5 Å². The Kier molecular flexibility index (Phi) is 11.0. The first kappa shape index (κ1) is 39.0. The summed E-state index contributed by atoms with van der Waals surface area (Å²) in [6.45, 7) is 0. The molecule has 0 aliphatic heterocycles. The fraction of sp³-hybridized carbons (Fsp3) is 0.286. The highest BCUT2D eigenvalue weighted by Gasteiger charge is 2.48. The first-order valence-electron chi connectivity index (χ1n) is 19.2. The Morgan fingerprint density at radius 3 is 1.76 bits per heavy atom. The van der Waals surface area contributed by atoms with Gasteiger partial charge in [-0.3, -0.25) is 9.59 Å². The molecule has 2 amide bonds. The number of rotatable bonds is 10. The molecule has 10 rings (SSSR count). The van der Waals surface area contributed by atoms with E-state index >= 15 is 0 Å². The van der Waals surface area contributed by atoms with Crippen LogP contribution in [-0.2, 0) is 9.59 Å². The molecule has 4 aliphatic rings. The first-order valence-corrected chi connectivity index (χ1v) is 19.6. The maximum absolute atomic E-state index is 12.1. The number of nitrogens with two attached hydrogens (primary N) is 3. The van der Waals surface area contributed by atoms with E-state index in [4.69, 9.17) is 43.3 Å². The highest BCUT2D eigenvalue weighted by Crippen LogP contribution is 2.46. The predicted molar refractivity (Wildman–Crippen MR) is 228 cm³/mol. The number of nitrogens with zero attached hydrogens (tertiary/aromatic N) is 4. The zero-order valence-corrected chi connectivity index (χ0v) is 33.1. The summed E-state index contributed by atoms with van der Waals surface area (Å²) < 4.78 is 10.2. The number of allylic oxidation sites excluding steroid dienone is 2. The third-order valence-corrected chi connectivity index (χ3v) is 11.6. The molecule has 4 aliphatic carbocycles. The van der Waals surface area contributed by atoms with Crippen LogP contribution in [0.25, 0.3) is 22.1 Å². The number of amides is 2. The Labute approximate surface area is 344 Å². The number of methoxy groups -OCH3 is 2. The smallest absolute Gasteiger partial charge is 0.231 e. The molecule has 4 heterocycles. The molecule has 59 heavy (non-hydrogen) atoms. The van der Waals surface area contributed by atoms with Gasteiger partial charge in [0.15, 0.2) is 0 Å². The Morgan fingerprint density at radius 2 is 1.22 bits per heavy atom. The van der Waals surface area contributed by atoms with E-state index in [1.165, 1.54) is 0 Å². The molecule has 4 aromatic heterocycles. The molecule has 17 heteroatoms. The number of hydrogen-bond acceptors (Lipinski definition) is 12. The molecule has 16 nitrogen and oxygen atoms in total. The summed E-state index contributed by atoms with van der Waals surface area (Å²) in [6, 6.07) is 18.6. The minimum absolute atomic E-state index is 0.0402. The first-order chi connectivity index (χ1) is 28.6.